The van der Waals surface area contributed by atoms with Gasteiger partial charge in [-0.3, -0.25) is 0 Å². The summed E-state index contributed by atoms with van der Waals surface area (Å²) in [5.74, 6) is -0.350. The second-order valence-corrected chi connectivity index (χ2v) is 4.64. The van der Waals surface area contributed by atoms with E-state index in [0.717, 1.165) is 5.69 Å². The molecule has 2 aromatic carbocycles. The Bertz CT molecular complexity index is 634. The normalized spacial score (nSPS) is 16.9. The molecule has 0 saturated carbocycles. The number of rotatable bonds is 5. The molecular formula is C16H14N2O3. The highest BCUT2D eigenvalue weighted by molar-refractivity contribution is 5.89. The fraction of sp³-hybridized carbons (Fsp3) is 0.188. The van der Waals surface area contributed by atoms with Crippen LogP contribution < -0.4 is 0 Å². The first-order chi connectivity index (χ1) is 10.3. The highest BCUT2D eigenvalue weighted by Crippen LogP contribution is 2.19. The van der Waals surface area contributed by atoms with Gasteiger partial charge < -0.3 is 9.47 Å². The van der Waals surface area contributed by atoms with Crippen LogP contribution in [0.3, 0.4) is 0 Å². The number of hydrogen-bond acceptors (Lipinski definition) is 5. The van der Waals surface area contributed by atoms with Crippen molar-refractivity contribution in [3.63, 3.8) is 0 Å². The molecule has 0 bridgehead atoms. The lowest BCUT2D eigenvalue weighted by Gasteiger charge is -2.02. The molecule has 1 fully saturated rings. The van der Waals surface area contributed by atoms with E-state index in [1.165, 1.54) is 0 Å². The summed E-state index contributed by atoms with van der Waals surface area (Å²) in [5.41, 5.74) is 1.96. The fourth-order valence-corrected chi connectivity index (χ4v) is 1.69. The molecule has 2 aromatic rings. The van der Waals surface area contributed by atoms with Crippen molar-refractivity contribution in [2.75, 3.05) is 13.2 Å². The average Bonchev–Trinajstić information content (AvgIpc) is 3.36. The topological polar surface area (TPSA) is 63.5 Å². The van der Waals surface area contributed by atoms with E-state index in [1.807, 2.05) is 30.3 Å². The maximum Gasteiger partial charge on any atom is 0.338 e. The molecule has 0 spiro atoms. The van der Waals surface area contributed by atoms with Gasteiger partial charge in [-0.25, -0.2) is 4.79 Å². The molecule has 5 nitrogen and oxygen atoms in total. The van der Waals surface area contributed by atoms with Gasteiger partial charge in [0.05, 0.1) is 23.5 Å². The molecular weight excluding hydrogens is 268 g/mol. The number of azo groups is 1. The van der Waals surface area contributed by atoms with Crippen LogP contribution in [0.25, 0.3) is 0 Å². The summed E-state index contributed by atoms with van der Waals surface area (Å²) in [6, 6.07) is 16.3. The largest absolute Gasteiger partial charge is 0.459 e. The standard InChI is InChI=1S/C16H14N2O3/c19-16(21-11-15-10-20-15)12-6-8-14(9-7-12)18-17-13-4-2-1-3-5-13/h1-9,15H,10-11H2. The van der Waals surface area contributed by atoms with Gasteiger partial charge in [0, 0.05) is 0 Å². The minimum absolute atomic E-state index is 0.0768. The van der Waals surface area contributed by atoms with Crippen LogP contribution in [-0.4, -0.2) is 25.3 Å². The molecule has 1 unspecified atom stereocenters. The molecule has 3 rings (SSSR count). The lowest BCUT2D eigenvalue weighted by Crippen LogP contribution is -2.09. The maximum absolute atomic E-state index is 11.7. The molecule has 0 aliphatic carbocycles. The SMILES string of the molecule is O=C(OCC1CO1)c1ccc(N=Nc2ccccc2)cc1. The van der Waals surface area contributed by atoms with Crippen molar-refractivity contribution in [3.8, 4) is 0 Å². The molecule has 106 valence electrons. The summed E-state index contributed by atoms with van der Waals surface area (Å²) in [7, 11) is 0. The third-order valence-corrected chi connectivity index (χ3v) is 2.94. The van der Waals surface area contributed by atoms with Crippen molar-refractivity contribution in [1.82, 2.24) is 0 Å². The number of ether oxygens (including phenoxy) is 2. The van der Waals surface area contributed by atoms with Gasteiger partial charge in [-0.1, -0.05) is 18.2 Å². The summed E-state index contributed by atoms with van der Waals surface area (Å²) in [5, 5.41) is 8.23. The van der Waals surface area contributed by atoms with Crippen molar-refractivity contribution in [3.05, 3.63) is 60.2 Å². The van der Waals surface area contributed by atoms with Crippen LogP contribution in [-0.2, 0) is 9.47 Å². The van der Waals surface area contributed by atoms with Crippen LogP contribution in [0.15, 0.2) is 64.8 Å². The third-order valence-electron chi connectivity index (χ3n) is 2.94. The Labute approximate surface area is 122 Å². The summed E-state index contributed by atoms with van der Waals surface area (Å²) in [6.45, 7) is 0.986. The van der Waals surface area contributed by atoms with Crippen LogP contribution in [0.5, 0.6) is 0 Å². The lowest BCUT2D eigenvalue weighted by atomic mass is 10.2. The Balaban J connectivity index is 1.60. The molecule has 1 aliphatic rings. The van der Waals surface area contributed by atoms with Gasteiger partial charge >= 0.3 is 5.97 Å². The molecule has 0 amide bonds. The van der Waals surface area contributed by atoms with Crippen LogP contribution in [0.1, 0.15) is 10.4 Å². The highest BCUT2D eigenvalue weighted by atomic mass is 16.6. The zero-order valence-electron chi connectivity index (χ0n) is 11.3. The van der Waals surface area contributed by atoms with Gasteiger partial charge in [0.25, 0.3) is 0 Å². The van der Waals surface area contributed by atoms with E-state index in [9.17, 15) is 4.79 Å². The minimum Gasteiger partial charge on any atom is -0.459 e. The quantitative estimate of drug-likeness (QED) is 0.477. The Morgan fingerprint density at radius 3 is 2.29 bits per heavy atom. The minimum atomic E-state index is -0.350. The van der Waals surface area contributed by atoms with Crippen molar-refractivity contribution >= 4 is 17.3 Å². The number of benzene rings is 2. The van der Waals surface area contributed by atoms with Crippen molar-refractivity contribution in [2.24, 2.45) is 10.2 Å². The molecule has 1 heterocycles. The van der Waals surface area contributed by atoms with E-state index in [2.05, 4.69) is 10.2 Å². The summed E-state index contributed by atoms with van der Waals surface area (Å²) >= 11 is 0. The number of esters is 1. The predicted octanol–water partition coefficient (Wildman–Crippen LogP) is 3.66. The monoisotopic (exact) mass is 282 g/mol. The molecule has 1 aliphatic heterocycles. The van der Waals surface area contributed by atoms with Gasteiger partial charge in [0.2, 0.25) is 0 Å². The van der Waals surface area contributed by atoms with E-state index in [0.29, 0.717) is 24.5 Å². The fourth-order valence-electron chi connectivity index (χ4n) is 1.69. The molecule has 1 atom stereocenters. The summed E-state index contributed by atoms with van der Waals surface area (Å²) in [6.07, 6.45) is 0.0768. The van der Waals surface area contributed by atoms with E-state index in [4.69, 9.17) is 9.47 Å². The Morgan fingerprint density at radius 1 is 1.05 bits per heavy atom. The summed E-state index contributed by atoms with van der Waals surface area (Å²) in [4.78, 5) is 11.7. The lowest BCUT2D eigenvalue weighted by molar-refractivity contribution is 0.0476. The average molecular weight is 282 g/mol. The second-order valence-electron chi connectivity index (χ2n) is 4.64. The van der Waals surface area contributed by atoms with Gasteiger partial charge in [-0.05, 0) is 36.4 Å². The summed E-state index contributed by atoms with van der Waals surface area (Å²) < 4.78 is 10.1. The van der Waals surface area contributed by atoms with E-state index in [-0.39, 0.29) is 12.1 Å². The van der Waals surface area contributed by atoms with Gasteiger partial charge in [0.15, 0.2) is 0 Å². The van der Waals surface area contributed by atoms with E-state index in [1.54, 1.807) is 24.3 Å². The van der Waals surface area contributed by atoms with Crippen LogP contribution in [0.2, 0.25) is 0 Å². The third kappa shape index (κ3) is 3.97. The van der Waals surface area contributed by atoms with Gasteiger partial charge in [-0.15, -0.1) is 0 Å². The Morgan fingerprint density at radius 2 is 1.67 bits per heavy atom. The van der Waals surface area contributed by atoms with Crippen LogP contribution in [0, 0.1) is 0 Å². The first kappa shape index (κ1) is 13.5. The molecule has 0 N–H and O–H groups in total. The molecule has 0 radical (unpaired) electrons. The maximum atomic E-state index is 11.7. The van der Waals surface area contributed by atoms with Crippen molar-refractivity contribution < 1.29 is 14.3 Å². The van der Waals surface area contributed by atoms with E-state index < -0.39 is 0 Å². The van der Waals surface area contributed by atoms with Gasteiger partial charge in [-0.2, -0.15) is 10.2 Å². The van der Waals surface area contributed by atoms with Crippen LogP contribution in [0.4, 0.5) is 11.4 Å². The second kappa shape index (κ2) is 6.28. The first-order valence-corrected chi connectivity index (χ1v) is 6.67. The van der Waals surface area contributed by atoms with E-state index >= 15 is 0 Å². The van der Waals surface area contributed by atoms with Gasteiger partial charge in [0.1, 0.15) is 12.7 Å². The number of epoxide rings is 1. The molecule has 21 heavy (non-hydrogen) atoms. The number of carbonyl (C=O) groups is 1. The predicted molar refractivity (Wildman–Crippen MR) is 77.1 cm³/mol. The van der Waals surface area contributed by atoms with Crippen LogP contribution >= 0.6 is 0 Å². The molecule has 0 aromatic heterocycles. The molecule has 1 saturated heterocycles. The number of nitrogens with zero attached hydrogens (tertiary/aromatic N) is 2. The number of carbonyl (C=O) groups excluding carboxylic acids is 1. The molecule has 5 heteroatoms. The zero-order valence-corrected chi connectivity index (χ0v) is 11.3. The first-order valence-electron chi connectivity index (χ1n) is 6.67. The Hall–Kier alpha value is -2.53. The smallest absolute Gasteiger partial charge is 0.338 e. The van der Waals surface area contributed by atoms with Crippen molar-refractivity contribution in [2.45, 2.75) is 6.10 Å². The number of hydrogen-bond donors (Lipinski definition) is 0. The Kier molecular flexibility index (Phi) is 4.02. The van der Waals surface area contributed by atoms with Crippen molar-refractivity contribution in [1.29, 1.82) is 0 Å². The highest BCUT2D eigenvalue weighted by Gasteiger charge is 2.24. The zero-order chi connectivity index (χ0) is 14.5.